The van der Waals surface area contributed by atoms with Gasteiger partial charge in [-0.05, 0) is 49.4 Å². The zero-order chi connectivity index (χ0) is 13.7. The lowest BCUT2D eigenvalue weighted by atomic mass is 10.1. The van der Waals surface area contributed by atoms with Crippen molar-refractivity contribution < 1.29 is 4.74 Å². The van der Waals surface area contributed by atoms with Crippen LogP contribution in [-0.2, 0) is 6.61 Å². The molecule has 0 saturated carbocycles. The van der Waals surface area contributed by atoms with Gasteiger partial charge in [0, 0.05) is 11.1 Å². The molecule has 0 aromatic heterocycles. The van der Waals surface area contributed by atoms with Gasteiger partial charge in [-0.3, -0.25) is 0 Å². The predicted molar refractivity (Wildman–Crippen MR) is 79.7 cm³/mol. The number of halogens is 1. The zero-order valence-electron chi connectivity index (χ0n) is 11.2. The summed E-state index contributed by atoms with van der Waals surface area (Å²) in [4.78, 5) is 0. The van der Waals surface area contributed by atoms with E-state index in [1.54, 1.807) is 0 Å². The minimum Gasteiger partial charge on any atom is -0.489 e. The Kier molecular flexibility index (Phi) is 4.83. The maximum atomic E-state index is 5.94. The highest BCUT2D eigenvalue weighted by Gasteiger charge is 2.02. The molecule has 0 bridgehead atoms. The summed E-state index contributed by atoms with van der Waals surface area (Å²) in [5.41, 5.74) is 2.32. The molecule has 2 rings (SSSR count). The lowest BCUT2D eigenvalue weighted by Gasteiger charge is -2.12. The van der Waals surface area contributed by atoms with E-state index in [0.717, 1.165) is 16.3 Å². The third kappa shape index (κ3) is 3.98. The van der Waals surface area contributed by atoms with Crippen LogP contribution in [0, 0.1) is 0 Å². The van der Waals surface area contributed by atoms with Gasteiger partial charge in [0.2, 0.25) is 0 Å². The quantitative estimate of drug-likeness (QED) is 0.883. The van der Waals surface area contributed by atoms with E-state index in [1.807, 2.05) is 43.4 Å². The summed E-state index contributed by atoms with van der Waals surface area (Å²) < 4.78 is 5.74. The molecule has 0 amide bonds. The van der Waals surface area contributed by atoms with E-state index in [1.165, 1.54) is 5.56 Å². The second-order valence-corrected chi connectivity index (χ2v) is 4.93. The van der Waals surface area contributed by atoms with Gasteiger partial charge in [-0.1, -0.05) is 35.9 Å². The van der Waals surface area contributed by atoms with Gasteiger partial charge < -0.3 is 10.1 Å². The van der Waals surface area contributed by atoms with Crippen LogP contribution in [0.3, 0.4) is 0 Å². The third-order valence-electron chi connectivity index (χ3n) is 3.11. The molecule has 100 valence electrons. The molecule has 0 radical (unpaired) electrons. The molecule has 0 saturated heterocycles. The molecule has 1 N–H and O–H groups in total. The Morgan fingerprint density at radius 3 is 2.53 bits per heavy atom. The summed E-state index contributed by atoms with van der Waals surface area (Å²) in [7, 11) is 1.95. The molecule has 3 heteroatoms. The van der Waals surface area contributed by atoms with Gasteiger partial charge in [0.25, 0.3) is 0 Å². The molecule has 2 aromatic rings. The largest absolute Gasteiger partial charge is 0.489 e. The Morgan fingerprint density at radius 1 is 1.16 bits per heavy atom. The molecule has 0 aliphatic carbocycles. The predicted octanol–water partition coefficient (Wildman–Crippen LogP) is 4.20. The minimum atomic E-state index is 0.349. The fourth-order valence-corrected chi connectivity index (χ4v) is 2.03. The van der Waals surface area contributed by atoms with Crippen molar-refractivity contribution in [2.45, 2.75) is 19.6 Å². The van der Waals surface area contributed by atoms with E-state index in [0.29, 0.717) is 12.6 Å². The van der Waals surface area contributed by atoms with Crippen molar-refractivity contribution in [1.82, 2.24) is 5.32 Å². The summed E-state index contributed by atoms with van der Waals surface area (Å²) in [5.74, 6) is 0.868. The van der Waals surface area contributed by atoms with E-state index < -0.39 is 0 Å². The van der Waals surface area contributed by atoms with E-state index in [4.69, 9.17) is 16.3 Å². The summed E-state index contributed by atoms with van der Waals surface area (Å²) in [5, 5.41) is 3.94. The SMILES string of the molecule is CNC(C)c1ccc(OCc2cccc(Cl)c2)cc1. The summed E-state index contributed by atoms with van der Waals surface area (Å²) in [6.07, 6.45) is 0. The molecule has 1 atom stereocenters. The van der Waals surface area contributed by atoms with Crippen molar-refractivity contribution in [3.05, 3.63) is 64.7 Å². The van der Waals surface area contributed by atoms with Gasteiger partial charge in [0.1, 0.15) is 12.4 Å². The fourth-order valence-electron chi connectivity index (χ4n) is 1.81. The normalized spacial score (nSPS) is 12.2. The van der Waals surface area contributed by atoms with Crippen molar-refractivity contribution in [2.24, 2.45) is 0 Å². The summed E-state index contributed by atoms with van der Waals surface area (Å²) in [6, 6.07) is 16.2. The summed E-state index contributed by atoms with van der Waals surface area (Å²) in [6.45, 7) is 2.66. The lowest BCUT2D eigenvalue weighted by Crippen LogP contribution is -2.11. The number of nitrogens with one attached hydrogen (secondary N) is 1. The Morgan fingerprint density at radius 2 is 1.89 bits per heavy atom. The fraction of sp³-hybridized carbons (Fsp3) is 0.250. The maximum Gasteiger partial charge on any atom is 0.119 e. The molecule has 2 aromatic carbocycles. The highest BCUT2D eigenvalue weighted by molar-refractivity contribution is 6.30. The first-order valence-electron chi connectivity index (χ1n) is 6.33. The van der Waals surface area contributed by atoms with Gasteiger partial charge in [-0.25, -0.2) is 0 Å². The average molecular weight is 276 g/mol. The minimum absolute atomic E-state index is 0.349. The third-order valence-corrected chi connectivity index (χ3v) is 3.34. The Bertz CT molecular complexity index is 525. The lowest BCUT2D eigenvalue weighted by molar-refractivity contribution is 0.306. The van der Waals surface area contributed by atoms with Crippen molar-refractivity contribution in [3.8, 4) is 5.75 Å². The average Bonchev–Trinajstić information content (AvgIpc) is 2.45. The van der Waals surface area contributed by atoms with Crippen LogP contribution in [0.25, 0.3) is 0 Å². The first-order valence-corrected chi connectivity index (χ1v) is 6.71. The number of hydrogen-bond donors (Lipinski definition) is 1. The molecule has 2 nitrogen and oxygen atoms in total. The van der Waals surface area contributed by atoms with Crippen LogP contribution in [-0.4, -0.2) is 7.05 Å². The van der Waals surface area contributed by atoms with Crippen molar-refractivity contribution >= 4 is 11.6 Å². The smallest absolute Gasteiger partial charge is 0.119 e. The van der Waals surface area contributed by atoms with E-state index in [2.05, 4.69) is 24.4 Å². The topological polar surface area (TPSA) is 21.3 Å². The van der Waals surface area contributed by atoms with Gasteiger partial charge in [0.05, 0.1) is 0 Å². The first kappa shape index (κ1) is 13.9. The number of ether oxygens (including phenoxy) is 1. The van der Waals surface area contributed by atoms with Crippen molar-refractivity contribution in [2.75, 3.05) is 7.05 Å². The molecule has 1 unspecified atom stereocenters. The van der Waals surface area contributed by atoms with Gasteiger partial charge in [-0.15, -0.1) is 0 Å². The van der Waals surface area contributed by atoms with Crippen LogP contribution < -0.4 is 10.1 Å². The van der Waals surface area contributed by atoms with Gasteiger partial charge in [-0.2, -0.15) is 0 Å². The molecule has 19 heavy (non-hydrogen) atoms. The molecule has 0 spiro atoms. The van der Waals surface area contributed by atoms with E-state index >= 15 is 0 Å². The Balaban J connectivity index is 1.96. The molecule has 0 fully saturated rings. The Hall–Kier alpha value is -1.51. The first-order chi connectivity index (χ1) is 9.19. The van der Waals surface area contributed by atoms with Crippen molar-refractivity contribution in [1.29, 1.82) is 0 Å². The second-order valence-electron chi connectivity index (χ2n) is 4.50. The number of hydrogen-bond acceptors (Lipinski definition) is 2. The van der Waals surface area contributed by atoms with Crippen molar-refractivity contribution in [3.63, 3.8) is 0 Å². The highest BCUT2D eigenvalue weighted by Crippen LogP contribution is 2.19. The highest BCUT2D eigenvalue weighted by atomic mass is 35.5. The number of rotatable bonds is 5. The van der Waals surface area contributed by atoms with E-state index in [-0.39, 0.29) is 0 Å². The molecule has 0 heterocycles. The monoisotopic (exact) mass is 275 g/mol. The summed E-state index contributed by atoms with van der Waals surface area (Å²) >= 11 is 5.94. The molecule has 0 aliphatic heterocycles. The van der Waals surface area contributed by atoms with Crippen LogP contribution in [0.2, 0.25) is 5.02 Å². The van der Waals surface area contributed by atoms with Gasteiger partial charge in [0.15, 0.2) is 0 Å². The van der Waals surface area contributed by atoms with Crippen LogP contribution in [0.1, 0.15) is 24.1 Å². The standard InChI is InChI=1S/C16H18ClNO/c1-12(18-2)14-6-8-16(9-7-14)19-11-13-4-3-5-15(17)10-13/h3-10,12,18H,11H2,1-2H3. The number of benzene rings is 2. The van der Waals surface area contributed by atoms with Gasteiger partial charge >= 0.3 is 0 Å². The van der Waals surface area contributed by atoms with Crippen LogP contribution >= 0.6 is 11.6 Å². The van der Waals surface area contributed by atoms with E-state index in [9.17, 15) is 0 Å². The maximum absolute atomic E-state index is 5.94. The Labute approximate surface area is 119 Å². The van der Waals surface area contributed by atoms with Crippen LogP contribution in [0.4, 0.5) is 0 Å². The van der Waals surface area contributed by atoms with Crippen LogP contribution in [0.5, 0.6) is 5.75 Å². The zero-order valence-corrected chi connectivity index (χ0v) is 11.9. The van der Waals surface area contributed by atoms with Crippen LogP contribution in [0.15, 0.2) is 48.5 Å². The molecular weight excluding hydrogens is 258 g/mol. The second kappa shape index (κ2) is 6.60. The molecule has 0 aliphatic rings. The molecular formula is C16H18ClNO.